The molecular formula is C22H25N5O. The van der Waals surface area contributed by atoms with Gasteiger partial charge in [0.1, 0.15) is 23.5 Å². The highest BCUT2D eigenvalue weighted by molar-refractivity contribution is 5.82. The molecule has 1 aromatic carbocycles. The maximum absolute atomic E-state index is 5.96. The standard InChI is InChI=1S/C22H25N5O/c1-3-23-22(24-12-11-17-15-27-13-7-6-10-21(27)26-17)25-14-20-16(2)18-8-4-5-9-19(18)28-20/h4-10,13,15H,3,11-12,14H2,1-2H3,(H2,23,24,25). The Kier molecular flexibility index (Phi) is 5.28. The van der Waals surface area contributed by atoms with E-state index in [9.17, 15) is 0 Å². The van der Waals surface area contributed by atoms with Gasteiger partial charge in [-0.2, -0.15) is 0 Å². The lowest BCUT2D eigenvalue weighted by Crippen LogP contribution is -2.38. The molecule has 0 radical (unpaired) electrons. The van der Waals surface area contributed by atoms with E-state index in [0.29, 0.717) is 6.54 Å². The first-order valence-corrected chi connectivity index (χ1v) is 9.66. The predicted octanol–water partition coefficient (Wildman–Crippen LogP) is 3.69. The van der Waals surface area contributed by atoms with Crippen LogP contribution in [0.3, 0.4) is 0 Å². The maximum atomic E-state index is 5.96. The molecule has 0 spiro atoms. The Morgan fingerprint density at radius 3 is 2.82 bits per heavy atom. The molecule has 28 heavy (non-hydrogen) atoms. The molecule has 0 aliphatic heterocycles. The van der Waals surface area contributed by atoms with Crippen LogP contribution in [0, 0.1) is 6.92 Å². The summed E-state index contributed by atoms with van der Waals surface area (Å²) in [6.45, 7) is 6.21. The van der Waals surface area contributed by atoms with Gasteiger partial charge in [-0.05, 0) is 32.0 Å². The van der Waals surface area contributed by atoms with Crippen LogP contribution < -0.4 is 10.6 Å². The van der Waals surface area contributed by atoms with Crippen LogP contribution in [0.25, 0.3) is 16.6 Å². The number of aromatic nitrogens is 2. The number of furan rings is 1. The van der Waals surface area contributed by atoms with Gasteiger partial charge in [-0.1, -0.05) is 24.3 Å². The highest BCUT2D eigenvalue weighted by atomic mass is 16.3. The third-order valence-corrected chi connectivity index (χ3v) is 4.75. The van der Waals surface area contributed by atoms with Gasteiger partial charge in [0.15, 0.2) is 5.96 Å². The van der Waals surface area contributed by atoms with Gasteiger partial charge in [0.25, 0.3) is 0 Å². The van der Waals surface area contributed by atoms with E-state index in [1.165, 1.54) is 0 Å². The second kappa shape index (κ2) is 8.17. The van der Waals surface area contributed by atoms with E-state index < -0.39 is 0 Å². The van der Waals surface area contributed by atoms with Crippen molar-refractivity contribution < 1.29 is 4.42 Å². The topological polar surface area (TPSA) is 66.9 Å². The number of fused-ring (bicyclic) bond motifs is 2. The largest absolute Gasteiger partial charge is 0.459 e. The molecule has 3 heterocycles. The Morgan fingerprint density at radius 2 is 2.00 bits per heavy atom. The van der Waals surface area contributed by atoms with E-state index in [0.717, 1.165) is 59.1 Å². The molecule has 6 nitrogen and oxygen atoms in total. The summed E-state index contributed by atoms with van der Waals surface area (Å²) in [5.74, 6) is 1.69. The summed E-state index contributed by atoms with van der Waals surface area (Å²) in [5.41, 5.74) is 4.09. The number of benzene rings is 1. The highest BCUT2D eigenvalue weighted by Gasteiger charge is 2.09. The molecule has 3 aromatic heterocycles. The molecule has 0 amide bonds. The maximum Gasteiger partial charge on any atom is 0.191 e. The van der Waals surface area contributed by atoms with Crippen molar-refractivity contribution in [2.75, 3.05) is 13.1 Å². The van der Waals surface area contributed by atoms with Crippen molar-refractivity contribution in [1.29, 1.82) is 0 Å². The molecule has 4 rings (SSSR count). The average Bonchev–Trinajstić information content (AvgIpc) is 3.27. The zero-order valence-corrected chi connectivity index (χ0v) is 16.3. The lowest BCUT2D eigenvalue weighted by atomic mass is 10.1. The second-order valence-electron chi connectivity index (χ2n) is 6.72. The Labute approximate surface area is 164 Å². The zero-order chi connectivity index (χ0) is 19.3. The summed E-state index contributed by atoms with van der Waals surface area (Å²) in [6, 6.07) is 14.1. The first-order valence-electron chi connectivity index (χ1n) is 9.66. The van der Waals surface area contributed by atoms with Crippen molar-refractivity contribution >= 4 is 22.6 Å². The number of hydrogen-bond acceptors (Lipinski definition) is 3. The molecule has 4 aromatic rings. The molecule has 0 saturated heterocycles. The number of aryl methyl sites for hydroxylation is 1. The van der Waals surface area contributed by atoms with Crippen LogP contribution in [0.15, 0.2) is 64.3 Å². The van der Waals surface area contributed by atoms with Crippen molar-refractivity contribution in [3.05, 3.63) is 71.9 Å². The minimum atomic E-state index is 0.504. The van der Waals surface area contributed by atoms with E-state index in [1.54, 1.807) is 0 Å². The normalized spacial score (nSPS) is 12.0. The van der Waals surface area contributed by atoms with Crippen LogP contribution in [0.4, 0.5) is 0 Å². The smallest absolute Gasteiger partial charge is 0.191 e. The molecule has 0 fully saturated rings. The minimum Gasteiger partial charge on any atom is -0.459 e. The Balaban J connectivity index is 1.40. The van der Waals surface area contributed by atoms with Gasteiger partial charge in [-0.25, -0.2) is 9.98 Å². The van der Waals surface area contributed by atoms with E-state index >= 15 is 0 Å². The summed E-state index contributed by atoms with van der Waals surface area (Å²) >= 11 is 0. The number of imidazole rings is 1. The van der Waals surface area contributed by atoms with Crippen LogP contribution >= 0.6 is 0 Å². The summed E-state index contributed by atoms with van der Waals surface area (Å²) in [4.78, 5) is 9.32. The number of rotatable bonds is 6. The molecule has 2 N–H and O–H groups in total. The average molecular weight is 375 g/mol. The van der Waals surface area contributed by atoms with Crippen molar-refractivity contribution in [3.63, 3.8) is 0 Å². The zero-order valence-electron chi connectivity index (χ0n) is 16.3. The van der Waals surface area contributed by atoms with Gasteiger partial charge in [0, 0.05) is 42.9 Å². The molecule has 0 atom stereocenters. The molecule has 0 aliphatic rings. The first kappa shape index (κ1) is 18.1. The summed E-state index contributed by atoms with van der Waals surface area (Å²) in [5, 5.41) is 7.83. The van der Waals surface area contributed by atoms with Crippen molar-refractivity contribution in [3.8, 4) is 0 Å². The van der Waals surface area contributed by atoms with Crippen molar-refractivity contribution in [2.24, 2.45) is 4.99 Å². The summed E-state index contributed by atoms with van der Waals surface area (Å²) < 4.78 is 8.00. The first-order chi connectivity index (χ1) is 13.7. The van der Waals surface area contributed by atoms with E-state index in [4.69, 9.17) is 4.42 Å². The van der Waals surface area contributed by atoms with Gasteiger partial charge < -0.3 is 19.5 Å². The fourth-order valence-corrected chi connectivity index (χ4v) is 3.29. The number of nitrogens with one attached hydrogen (secondary N) is 2. The number of guanidine groups is 1. The number of para-hydroxylation sites is 1. The van der Waals surface area contributed by atoms with E-state index in [1.807, 2.05) is 47.0 Å². The van der Waals surface area contributed by atoms with Crippen LogP contribution in [0.2, 0.25) is 0 Å². The SMILES string of the molecule is CCNC(=NCc1oc2ccccc2c1C)NCCc1cn2ccccc2n1. The molecule has 0 saturated carbocycles. The second-order valence-corrected chi connectivity index (χ2v) is 6.72. The number of hydrogen-bond donors (Lipinski definition) is 2. The highest BCUT2D eigenvalue weighted by Crippen LogP contribution is 2.25. The predicted molar refractivity (Wildman–Crippen MR) is 113 cm³/mol. The minimum absolute atomic E-state index is 0.504. The quantitative estimate of drug-likeness (QED) is 0.398. The Hall–Kier alpha value is -3.28. The van der Waals surface area contributed by atoms with Crippen molar-refractivity contribution in [1.82, 2.24) is 20.0 Å². The summed E-state index contributed by atoms with van der Waals surface area (Å²) in [6.07, 6.45) is 4.91. The van der Waals surface area contributed by atoms with Crippen LogP contribution in [0.1, 0.15) is 23.9 Å². The fraction of sp³-hybridized carbons (Fsp3) is 0.273. The third kappa shape index (κ3) is 3.86. The van der Waals surface area contributed by atoms with E-state index in [-0.39, 0.29) is 0 Å². The Bertz CT molecular complexity index is 1080. The fourth-order valence-electron chi connectivity index (χ4n) is 3.29. The Morgan fingerprint density at radius 1 is 1.14 bits per heavy atom. The lowest BCUT2D eigenvalue weighted by molar-refractivity contribution is 0.548. The van der Waals surface area contributed by atoms with Gasteiger partial charge in [-0.3, -0.25) is 0 Å². The number of nitrogens with zero attached hydrogens (tertiary/aromatic N) is 3. The number of aliphatic imine (C=N–C) groups is 1. The van der Waals surface area contributed by atoms with Crippen molar-refractivity contribution in [2.45, 2.75) is 26.8 Å². The van der Waals surface area contributed by atoms with Gasteiger partial charge in [0.05, 0.1) is 5.69 Å². The van der Waals surface area contributed by atoms with E-state index in [2.05, 4.69) is 46.7 Å². The number of pyridine rings is 1. The molecule has 0 aliphatic carbocycles. The monoisotopic (exact) mass is 375 g/mol. The van der Waals surface area contributed by atoms with Gasteiger partial charge in [0.2, 0.25) is 0 Å². The van der Waals surface area contributed by atoms with Gasteiger partial charge >= 0.3 is 0 Å². The third-order valence-electron chi connectivity index (χ3n) is 4.75. The van der Waals surface area contributed by atoms with Gasteiger partial charge in [-0.15, -0.1) is 0 Å². The van der Waals surface area contributed by atoms with Crippen LogP contribution in [-0.2, 0) is 13.0 Å². The van der Waals surface area contributed by atoms with Crippen LogP contribution in [-0.4, -0.2) is 28.4 Å². The molecule has 144 valence electrons. The molecule has 0 unspecified atom stereocenters. The van der Waals surface area contributed by atoms with Crippen LogP contribution in [0.5, 0.6) is 0 Å². The lowest BCUT2D eigenvalue weighted by Gasteiger charge is -2.10. The molecule has 6 heteroatoms. The molecule has 0 bridgehead atoms. The summed E-state index contributed by atoms with van der Waals surface area (Å²) in [7, 11) is 0. The molecular weight excluding hydrogens is 350 g/mol.